The van der Waals surface area contributed by atoms with Crippen LogP contribution in [0, 0.1) is 5.82 Å². The Bertz CT molecular complexity index is 1120. The van der Waals surface area contributed by atoms with Gasteiger partial charge in [0.15, 0.2) is 0 Å². The van der Waals surface area contributed by atoms with Gasteiger partial charge in [0.2, 0.25) is 10.8 Å². The molecule has 25 heavy (non-hydrogen) atoms. The van der Waals surface area contributed by atoms with Crippen molar-refractivity contribution in [3.8, 4) is 10.6 Å². The van der Waals surface area contributed by atoms with Crippen LogP contribution in [0.5, 0.6) is 0 Å². The zero-order valence-electron chi connectivity index (χ0n) is 12.8. The van der Waals surface area contributed by atoms with E-state index in [0.717, 1.165) is 15.6 Å². The molecule has 122 valence electrons. The number of nitrogens with zero attached hydrogens (tertiary/aromatic N) is 4. The Kier molecular flexibility index (Phi) is 3.91. The van der Waals surface area contributed by atoms with Crippen molar-refractivity contribution in [2.75, 3.05) is 0 Å². The highest BCUT2D eigenvalue weighted by atomic mass is 32.1. The van der Waals surface area contributed by atoms with Gasteiger partial charge in [-0.15, -0.1) is 0 Å². The Morgan fingerprint density at radius 3 is 2.68 bits per heavy atom. The Hall–Kier alpha value is -3.19. The van der Waals surface area contributed by atoms with Crippen LogP contribution in [0.3, 0.4) is 0 Å². The summed E-state index contributed by atoms with van der Waals surface area (Å²) in [6.07, 6.45) is 6.42. The second-order valence-corrected chi connectivity index (χ2v) is 6.16. The first-order valence-corrected chi connectivity index (χ1v) is 8.27. The molecule has 0 saturated heterocycles. The zero-order valence-corrected chi connectivity index (χ0v) is 13.7. The molecule has 7 heteroatoms. The van der Waals surface area contributed by atoms with Crippen molar-refractivity contribution in [1.82, 2.24) is 19.6 Å². The van der Waals surface area contributed by atoms with Crippen LogP contribution >= 0.6 is 11.3 Å². The van der Waals surface area contributed by atoms with Crippen molar-refractivity contribution >= 4 is 28.4 Å². The first-order valence-electron chi connectivity index (χ1n) is 7.45. The Labute approximate surface area is 145 Å². The predicted octanol–water partition coefficient (Wildman–Crippen LogP) is 3.52. The summed E-state index contributed by atoms with van der Waals surface area (Å²) in [5.74, 6) is -0.928. The molecular formula is C18H11FN4OS. The lowest BCUT2D eigenvalue weighted by Crippen LogP contribution is -2.20. The standard InChI is InChI=1S/C18H11FN4OS/c19-15-14(9-8-12-5-4-10-20-11-12)21-18-23(17(15)24)22-16(25-18)13-6-2-1-3-7-13/h1-11H. The molecule has 0 saturated carbocycles. The maximum absolute atomic E-state index is 14.3. The molecule has 4 rings (SSSR count). The van der Waals surface area contributed by atoms with Crippen LogP contribution in [0.4, 0.5) is 4.39 Å². The summed E-state index contributed by atoms with van der Waals surface area (Å²) >= 11 is 1.24. The summed E-state index contributed by atoms with van der Waals surface area (Å²) < 4.78 is 15.4. The van der Waals surface area contributed by atoms with Crippen molar-refractivity contribution in [3.05, 3.63) is 82.3 Å². The van der Waals surface area contributed by atoms with E-state index < -0.39 is 11.4 Å². The highest BCUT2D eigenvalue weighted by Crippen LogP contribution is 2.24. The van der Waals surface area contributed by atoms with Crippen molar-refractivity contribution in [2.24, 2.45) is 0 Å². The summed E-state index contributed by atoms with van der Waals surface area (Å²) in [5, 5.41) is 4.80. The zero-order chi connectivity index (χ0) is 17.2. The molecule has 4 aromatic rings. The summed E-state index contributed by atoms with van der Waals surface area (Å²) in [7, 11) is 0. The maximum atomic E-state index is 14.3. The molecule has 0 fully saturated rings. The van der Waals surface area contributed by atoms with Gasteiger partial charge in [-0.2, -0.15) is 14.0 Å². The largest absolute Gasteiger partial charge is 0.311 e. The molecule has 3 heterocycles. The van der Waals surface area contributed by atoms with Crippen LogP contribution in [-0.2, 0) is 0 Å². The molecule has 0 bridgehead atoms. The van der Waals surface area contributed by atoms with E-state index in [9.17, 15) is 9.18 Å². The lowest BCUT2D eigenvalue weighted by Gasteiger charge is -1.96. The highest BCUT2D eigenvalue weighted by Gasteiger charge is 2.15. The SMILES string of the molecule is O=c1c(F)c(C=Cc2cccnc2)nc2sc(-c3ccccc3)nn12. The lowest BCUT2D eigenvalue weighted by atomic mass is 10.2. The number of aromatic nitrogens is 4. The van der Waals surface area contributed by atoms with Gasteiger partial charge >= 0.3 is 5.56 Å². The number of benzene rings is 1. The second kappa shape index (κ2) is 6.37. The van der Waals surface area contributed by atoms with Crippen molar-refractivity contribution in [2.45, 2.75) is 0 Å². The van der Waals surface area contributed by atoms with Crippen LogP contribution in [-0.4, -0.2) is 19.6 Å². The average molecular weight is 350 g/mol. The van der Waals surface area contributed by atoms with E-state index in [0.29, 0.717) is 9.97 Å². The van der Waals surface area contributed by atoms with Crippen LogP contribution in [0.2, 0.25) is 0 Å². The number of fused-ring (bicyclic) bond motifs is 1. The quantitative estimate of drug-likeness (QED) is 0.567. The first-order chi connectivity index (χ1) is 12.2. The topological polar surface area (TPSA) is 60.2 Å². The Balaban J connectivity index is 1.81. The molecule has 1 aromatic carbocycles. The van der Waals surface area contributed by atoms with Crippen LogP contribution < -0.4 is 5.56 Å². The monoisotopic (exact) mass is 350 g/mol. The smallest absolute Gasteiger partial charge is 0.264 e. The number of hydrogen-bond acceptors (Lipinski definition) is 5. The molecule has 0 spiro atoms. The van der Waals surface area contributed by atoms with E-state index in [4.69, 9.17) is 0 Å². The summed E-state index contributed by atoms with van der Waals surface area (Å²) in [6, 6.07) is 13.0. The van der Waals surface area contributed by atoms with Gasteiger partial charge in [-0.1, -0.05) is 53.8 Å². The molecule has 0 amide bonds. The maximum Gasteiger partial charge on any atom is 0.311 e. The lowest BCUT2D eigenvalue weighted by molar-refractivity contribution is 0.588. The average Bonchev–Trinajstić information content (AvgIpc) is 3.09. The van der Waals surface area contributed by atoms with Crippen molar-refractivity contribution in [1.29, 1.82) is 0 Å². The van der Waals surface area contributed by atoms with E-state index in [1.54, 1.807) is 24.5 Å². The molecule has 0 radical (unpaired) electrons. The van der Waals surface area contributed by atoms with Crippen LogP contribution in [0.1, 0.15) is 11.3 Å². The minimum atomic E-state index is -0.928. The van der Waals surface area contributed by atoms with Crippen LogP contribution in [0.25, 0.3) is 27.7 Å². The fourth-order valence-electron chi connectivity index (χ4n) is 2.30. The molecule has 0 N–H and O–H groups in total. The molecule has 0 aliphatic carbocycles. The molecular weight excluding hydrogens is 339 g/mol. The minimum Gasteiger partial charge on any atom is -0.264 e. The Morgan fingerprint density at radius 2 is 1.92 bits per heavy atom. The molecule has 0 atom stereocenters. The highest BCUT2D eigenvalue weighted by molar-refractivity contribution is 7.19. The summed E-state index contributed by atoms with van der Waals surface area (Å²) in [6.45, 7) is 0. The van der Waals surface area contributed by atoms with Gasteiger partial charge in [0.05, 0.1) is 0 Å². The van der Waals surface area contributed by atoms with Gasteiger partial charge in [-0.25, -0.2) is 4.98 Å². The number of halogens is 1. The third-order valence-corrected chi connectivity index (χ3v) is 4.48. The van der Waals surface area contributed by atoms with Gasteiger partial charge in [0.1, 0.15) is 10.7 Å². The van der Waals surface area contributed by atoms with Gasteiger partial charge < -0.3 is 0 Å². The fraction of sp³-hybridized carbons (Fsp3) is 0. The molecule has 0 aliphatic heterocycles. The van der Waals surface area contributed by atoms with E-state index in [1.807, 2.05) is 36.4 Å². The number of pyridine rings is 1. The van der Waals surface area contributed by atoms with E-state index in [1.165, 1.54) is 17.4 Å². The third-order valence-electron chi connectivity index (χ3n) is 3.52. The molecule has 0 aliphatic rings. The second-order valence-electron chi connectivity index (χ2n) is 5.20. The van der Waals surface area contributed by atoms with Gasteiger partial charge in [-0.05, 0) is 17.7 Å². The van der Waals surface area contributed by atoms with Crippen molar-refractivity contribution in [3.63, 3.8) is 0 Å². The predicted molar refractivity (Wildman–Crippen MR) is 95.7 cm³/mol. The number of hydrogen-bond donors (Lipinski definition) is 0. The summed E-state index contributed by atoms with van der Waals surface area (Å²) in [4.78, 5) is 20.8. The van der Waals surface area contributed by atoms with E-state index >= 15 is 0 Å². The third kappa shape index (κ3) is 2.97. The van der Waals surface area contributed by atoms with Gasteiger partial charge in [0, 0.05) is 18.0 Å². The normalized spacial score (nSPS) is 11.4. The minimum absolute atomic E-state index is 0.0166. The first kappa shape index (κ1) is 15.3. The van der Waals surface area contributed by atoms with Gasteiger partial charge in [-0.3, -0.25) is 9.78 Å². The fourth-order valence-corrected chi connectivity index (χ4v) is 3.20. The number of rotatable bonds is 3. The van der Waals surface area contributed by atoms with E-state index in [-0.39, 0.29) is 5.69 Å². The molecule has 3 aromatic heterocycles. The Morgan fingerprint density at radius 1 is 1.08 bits per heavy atom. The molecule has 0 unspecified atom stereocenters. The summed E-state index contributed by atoms with van der Waals surface area (Å²) in [5.41, 5.74) is 0.815. The van der Waals surface area contributed by atoms with Crippen LogP contribution in [0.15, 0.2) is 59.7 Å². The van der Waals surface area contributed by atoms with E-state index in [2.05, 4.69) is 15.1 Å². The van der Waals surface area contributed by atoms with Crippen molar-refractivity contribution < 1.29 is 4.39 Å². The molecule has 5 nitrogen and oxygen atoms in total. The van der Waals surface area contributed by atoms with Gasteiger partial charge in [0.25, 0.3) is 0 Å².